The van der Waals surface area contributed by atoms with Gasteiger partial charge in [-0.05, 0) is 31.0 Å². The number of benzene rings is 1. The molecule has 3 heterocycles. The van der Waals surface area contributed by atoms with Crippen molar-refractivity contribution in [3.63, 3.8) is 0 Å². The second-order valence-electron chi connectivity index (χ2n) is 7.26. The van der Waals surface area contributed by atoms with Crippen molar-refractivity contribution in [1.29, 1.82) is 0 Å². The molecular weight excluding hydrogens is 406 g/mol. The van der Waals surface area contributed by atoms with E-state index < -0.39 is 18.6 Å². The van der Waals surface area contributed by atoms with Crippen LogP contribution in [0.3, 0.4) is 0 Å². The minimum atomic E-state index is -1.36. The van der Waals surface area contributed by atoms with Crippen LogP contribution in [-0.4, -0.2) is 67.0 Å². The van der Waals surface area contributed by atoms with E-state index in [1.54, 1.807) is 11.1 Å². The molecule has 0 aliphatic carbocycles. The molecule has 3 N–H and O–H groups in total. The number of halogens is 1. The summed E-state index contributed by atoms with van der Waals surface area (Å²) in [5.74, 6) is -0.280. The van der Waals surface area contributed by atoms with E-state index in [9.17, 15) is 9.90 Å². The van der Waals surface area contributed by atoms with Gasteiger partial charge in [0, 0.05) is 47.0 Å². The highest BCUT2D eigenvalue weighted by Crippen LogP contribution is 2.39. The number of aromatic nitrogens is 4. The molecule has 1 aliphatic heterocycles. The molecule has 1 aliphatic rings. The number of rotatable bonds is 5. The predicted molar refractivity (Wildman–Crippen MR) is 112 cm³/mol. The molecule has 1 atom stereocenters. The predicted octanol–water partition coefficient (Wildman–Crippen LogP) is 2.25. The fourth-order valence-corrected chi connectivity index (χ4v) is 3.97. The van der Waals surface area contributed by atoms with Crippen LogP contribution in [0.4, 0.5) is 0 Å². The zero-order valence-electron chi connectivity index (χ0n) is 16.2. The summed E-state index contributed by atoms with van der Waals surface area (Å²) in [7, 11) is 0. The maximum Gasteiger partial charge on any atom is 0.253 e. The molecule has 1 unspecified atom stereocenters. The summed E-state index contributed by atoms with van der Waals surface area (Å²) in [5, 5.41) is 27.1. The van der Waals surface area contributed by atoms with E-state index in [1.807, 2.05) is 30.3 Å². The molecule has 3 aromatic rings. The lowest BCUT2D eigenvalue weighted by molar-refractivity contribution is -0.143. The molecule has 30 heavy (non-hydrogen) atoms. The number of likely N-dealkylation sites (tertiary alicyclic amines) is 1. The van der Waals surface area contributed by atoms with Crippen molar-refractivity contribution in [2.75, 3.05) is 19.7 Å². The lowest BCUT2D eigenvalue weighted by Gasteiger charge is -2.33. The summed E-state index contributed by atoms with van der Waals surface area (Å²) in [6, 6.07) is 9.34. The number of aliphatic hydroxyl groups excluding tert-OH is 2. The quantitative estimate of drug-likeness (QED) is 0.575. The van der Waals surface area contributed by atoms with Crippen LogP contribution in [0.15, 0.2) is 42.9 Å². The van der Waals surface area contributed by atoms with E-state index in [2.05, 4.69) is 20.2 Å². The fraction of sp³-hybridized carbons (Fsp3) is 0.333. The van der Waals surface area contributed by atoms with Crippen LogP contribution in [-0.2, 0) is 4.79 Å². The summed E-state index contributed by atoms with van der Waals surface area (Å²) in [6.45, 7) is 0.430. The number of aromatic amines is 1. The van der Waals surface area contributed by atoms with Gasteiger partial charge in [0.2, 0.25) is 0 Å². The molecule has 0 radical (unpaired) electrons. The van der Waals surface area contributed by atoms with Crippen molar-refractivity contribution in [1.82, 2.24) is 25.1 Å². The molecule has 9 heteroatoms. The van der Waals surface area contributed by atoms with Gasteiger partial charge in [0.1, 0.15) is 12.0 Å². The van der Waals surface area contributed by atoms with Gasteiger partial charge in [-0.25, -0.2) is 9.97 Å². The molecule has 4 rings (SSSR count). The number of carbonyl (C=O) groups excluding carboxylic acids is 1. The number of carbonyl (C=O) groups is 1. The average Bonchev–Trinajstić information content (AvgIpc) is 3.24. The van der Waals surface area contributed by atoms with E-state index in [4.69, 9.17) is 16.7 Å². The van der Waals surface area contributed by atoms with E-state index in [0.29, 0.717) is 31.0 Å². The molecule has 0 saturated carbocycles. The number of amides is 1. The SMILES string of the molecule is O=C(C(O)CO)N1CCC(c2[nH]nc(-c3ccc(Cl)cc3)c2-c2ccncn2)CC1. The molecule has 8 nitrogen and oxygen atoms in total. The van der Waals surface area contributed by atoms with Gasteiger partial charge in [-0.15, -0.1) is 0 Å². The monoisotopic (exact) mass is 427 g/mol. The van der Waals surface area contributed by atoms with E-state index in [0.717, 1.165) is 28.2 Å². The van der Waals surface area contributed by atoms with Gasteiger partial charge in [0.05, 0.1) is 12.3 Å². The Labute approximate surface area is 178 Å². The maximum absolute atomic E-state index is 12.1. The Balaban J connectivity index is 1.65. The molecular formula is C21H22ClN5O3. The first-order chi connectivity index (χ1) is 14.6. The standard InChI is InChI=1S/C21H22ClN5O3/c22-15-3-1-13(2-4-15)19-18(16-5-8-23-12-24-16)20(26-25-19)14-6-9-27(10-7-14)21(30)17(29)11-28/h1-5,8,12,14,17,28-29H,6-7,9-11H2,(H,25,26). The van der Waals surface area contributed by atoms with Gasteiger partial charge in [0.15, 0.2) is 6.10 Å². The van der Waals surface area contributed by atoms with E-state index in [-0.39, 0.29) is 5.92 Å². The number of piperidine rings is 1. The van der Waals surface area contributed by atoms with Gasteiger partial charge >= 0.3 is 0 Å². The summed E-state index contributed by atoms with van der Waals surface area (Å²) in [6.07, 6.45) is 3.27. The summed E-state index contributed by atoms with van der Waals surface area (Å²) >= 11 is 6.04. The third kappa shape index (κ3) is 4.07. The number of nitrogens with one attached hydrogen (secondary N) is 1. The van der Waals surface area contributed by atoms with Crippen LogP contribution in [0.5, 0.6) is 0 Å². The Morgan fingerprint density at radius 1 is 1.23 bits per heavy atom. The summed E-state index contributed by atoms with van der Waals surface area (Å²) in [5.41, 5.74) is 4.37. The van der Waals surface area contributed by atoms with E-state index >= 15 is 0 Å². The van der Waals surface area contributed by atoms with Gasteiger partial charge in [-0.1, -0.05) is 23.7 Å². The van der Waals surface area contributed by atoms with Crippen LogP contribution >= 0.6 is 11.6 Å². The topological polar surface area (TPSA) is 115 Å². The first-order valence-electron chi connectivity index (χ1n) is 9.76. The van der Waals surface area contributed by atoms with Crippen molar-refractivity contribution in [2.45, 2.75) is 24.9 Å². The maximum atomic E-state index is 12.1. The number of hydrogen-bond acceptors (Lipinski definition) is 6. The summed E-state index contributed by atoms with van der Waals surface area (Å²) < 4.78 is 0. The lowest BCUT2D eigenvalue weighted by Crippen LogP contribution is -2.44. The van der Waals surface area contributed by atoms with Gasteiger partial charge in [-0.2, -0.15) is 5.10 Å². The zero-order chi connectivity index (χ0) is 21.1. The fourth-order valence-electron chi connectivity index (χ4n) is 3.84. The Morgan fingerprint density at radius 3 is 2.60 bits per heavy atom. The van der Waals surface area contributed by atoms with Gasteiger partial charge in [-0.3, -0.25) is 9.89 Å². The molecule has 0 bridgehead atoms. The zero-order valence-corrected chi connectivity index (χ0v) is 17.0. The number of hydrogen-bond donors (Lipinski definition) is 3. The largest absolute Gasteiger partial charge is 0.393 e. The number of nitrogens with zero attached hydrogens (tertiary/aromatic N) is 4. The minimum absolute atomic E-state index is 0.152. The Bertz CT molecular complexity index is 1000. The molecule has 1 saturated heterocycles. The van der Waals surface area contributed by atoms with Crippen molar-refractivity contribution < 1.29 is 15.0 Å². The summed E-state index contributed by atoms with van der Waals surface area (Å²) in [4.78, 5) is 22.2. The lowest BCUT2D eigenvalue weighted by atomic mass is 9.88. The minimum Gasteiger partial charge on any atom is -0.393 e. The Kier molecular flexibility index (Phi) is 6.08. The molecule has 2 aromatic heterocycles. The average molecular weight is 428 g/mol. The second kappa shape index (κ2) is 8.91. The molecule has 1 amide bonds. The molecule has 1 aromatic carbocycles. The normalized spacial score (nSPS) is 15.9. The first-order valence-corrected chi connectivity index (χ1v) is 10.1. The highest BCUT2D eigenvalue weighted by molar-refractivity contribution is 6.30. The van der Waals surface area contributed by atoms with Crippen molar-refractivity contribution in [3.8, 4) is 22.5 Å². The molecule has 1 fully saturated rings. The molecule has 156 valence electrons. The van der Waals surface area contributed by atoms with E-state index in [1.165, 1.54) is 6.33 Å². The van der Waals surface area contributed by atoms with Crippen LogP contribution in [0.2, 0.25) is 5.02 Å². The first kappa shape index (κ1) is 20.5. The highest BCUT2D eigenvalue weighted by Gasteiger charge is 2.31. The Morgan fingerprint density at radius 2 is 1.97 bits per heavy atom. The number of aliphatic hydroxyl groups is 2. The van der Waals surface area contributed by atoms with Gasteiger partial charge < -0.3 is 15.1 Å². The van der Waals surface area contributed by atoms with Crippen LogP contribution in [0, 0.1) is 0 Å². The van der Waals surface area contributed by atoms with Crippen molar-refractivity contribution in [2.24, 2.45) is 0 Å². The highest BCUT2D eigenvalue weighted by atomic mass is 35.5. The second-order valence-corrected chi connectivity index (χ2v) is 7.70. The third-order valence-corrected chi connectivity index (χ3v) is 5.67. The smallest absolute Gasteiger partial charge is 0.253 e. The Hall–Kier alpha value is -2.81. The van der Waals surface area contributed by atoms with Gasteiger partial charge in [0.25, 0.3) is 5.91 Å². The van der Waals surface area contributed by atoms with Crippen molar-refractivity contribution in [3.05, 3.63) is 53.6 Å². The van der Waals surface area contributed by atoms with Crippen LogP contribution in [0.25, 0.3) is 22.5 Å². The van der Waals surface area contributed by atoms with Crippen LogP contribution < -0.4 is 0 Å². The van der Waals surface area contributed by atoms with Crippen LogP contribution in [0.1, 0.15) is 24.5 Å². The third-order valence-electron chi connectivity index (χ3n) is 5.42. The molecule has 0 spiro atoms. The number of H-pyrrole nitrogens is 1. The van der Waals surface area contributed by atoms with Crippen molar-refractivity contribution >= 4 is 17.5 Å².